The quantitative estimate of drug-likeness (QED) is 0.442. The van der Waals surface area contributed by atoms with Crippen LogP contribution >= 0.6 is 0 Å². The largest absolute Gasteiger partial charge is 0.497 e. The van der Waals surface area contributed by atoms with Gasteiger partial charge in [0.15, 0.2) is 0 Å². The summed E-state index contributed by atoms with van der Waals surface area (Å²) >= 11 is 0. The molecule has 1 aromatic heterocycles. The van der Waals surface area contributed by atoms with Crippen molar-refractivity contribution < 1.29 is 22.7 Å². The Morgan fingerprint density at radius 3 is 2.56 bits per heavy atom. The Morgan fingerprint density at radius 1 is 0.976 bits per heavy atom. The molecule has 3 aliphatic rings. The molecule has 0 unspecified atom stereocenters. The van der Waals surface area contributed by atoms with Crippen LogP contribution in [-0.4, -0.2) is 56.4 Å². The summed E-state index contributed by atoms with van der Waals surface area (Å²) in [6, 6.07) is 11.3. The highest BCUT2D eigenvalue weighted by Crippen LogP contribution is 2.47. The van der Waals surface area contributed by atoms with Crippen molar-refractivity contribution in [3.63, 3.8) is 0 Å². The van der Waals surface area contributed by atoms with Crippen molar-refractivity contribution in [2.24, 2.45) is 0 Å². The number of ether oxygens (including phenoxy) is 1. The molecule has 1 fully saturated rings. The number of nitrogens with one attached hydrogen (secondary N) is 2. The Hall–Kier alpha value is -3.89. The fourth-order valence-electron chi connectivity index (χ4n) is 6.24. The van der Waals surface area contributed by atoms with E-state index in [1.807, 2.05) is 30.3 Å². The molecule has 0 radical (unpaired) electrons. The minimum atomic E-state index is -4.06. The number of carbonyl (C=O) groups is 2. The molecule has 0 atom stereocenters. The number of benzene rings is 2. The molecule has 4 bridgehead atoms. The lowest BCUT2D eigenvalue weighted by atomic mass is 9.81. The normalized spacial score (nSPS) is 19.9. The van der Waals surface area contributed by atoms with Crippen molar-refractivity contribution in [1.82, 2.24) is 18.9 Å². The molecule has 2 N–H and O–H groups in total. The number of amides is 2. The summed E-state index contributed by atoms with van der Waals surface area (Å²) in [5.74, 6) is 0.131. The monoisotopic (exact) mass is 574 g/mol. The van der Waals surface area contributed by atoms with E-state index in [2.05, 4.69) is 14.6 Å². The summed E-state index contributed by atoms with van der Waals surface area (Å²) in [5, 5.41) is 3.98. The molecule has 1 saturated carbocycles. The number of nitrogens with zero attached hydrogens (tertiary/aromatic N) is 2. The Labute approximate surface area is 240 Å². The molecule has 2 aromatic carbocycles. The standard InChI is InChI=1S/C31H34N4O5S/c1-34-15-7-6-14-32-30(36)23-16-22-17-24(40-2)11-13-25(22)29-28(20-8-4-3-5-9-20)26-12-10-21(18-27(26)35(29)19-23)31(37)33-41(34,38)39/h6-7,10-13,16-18,20H,3-5,8-9,14-15,19H2,1-2H3,(H,32,36)(H,33,37). The molecule has 2 aliphatic heterocycles. The molecule has 10 heteroatoms. The third-order valence-corrected chi connectivity index (χ3v) is 9.80. The minimum Gasteiger partial charge on any atom is -0.497 e. The summed E-state index contributed by atoms with van der Waals surface area (Å²) in [6.07, 6.45) is 10.9. The summed E-state index contributed by atoms with van der Waals surface area (Å²) in [5.41, 5.74) is 5.78. The maximum absolute atomic E-state index is 13.5. The predicted octanol–water partition coefficient (Wildman–Crippen LogP) is 4.35. The van der Waals surface area contributed by atoms with Crippen LogP contribution in [0.15, 0.2) is 54.1 Å². The van der Waals surface area contributed by atoms with Gasteiger partial charge in [0.25, 0.3) is 5.91 Å². The van der Waals surface area contributed by atoms with Gasteiger partial charge in [-0.3, -0.25) is 9.59 Å². The molecule has 214 valence electrons. The average Bonchev–Trinajstić information content (AvgIpc) is 3.18. The van der Waals surface area contributed by atoms with Gasteiger partial charge in [0.05, 0.1) is 19.3 Å². The van der Waals surface area contributed by atoms with Crippen LogP contribution in [0, 0.1) is 0 Å². The van der Waals surface area contributed by atoms with Crippen LogP contribution in [0.2, 0.25) is 0 Å². The number of methoxy groups -OCH3 is 1. The third kappa shape index (κ3) is 5.06. The van der Waals surface area contributed by atoms with Crippen molar-refractivity contribution in [1.29, 1.82) is 0 Å². The van der Waals surface area contributed by atoms with Crippen LogP contribution in [0.4, 0.5) is 0 Å². The van der Waals surface area contributed by atoms with Crippen LogP contribution in [0.5, 0.6) is 5.75 Å². The second-order valence-corrected chi connectivity index (χ2v) is 12.7. The van der Waals surface area contributed by atoms with Gasteiger partial charge >= 0.3 is 10.2 Å². The second kappa shape index (κ2) is 10.8. The Kier molecular flexibility index (Phi) is 7.21. The van der Waals surface area contributed by atoms with Crippen LogP contribution < -0.4 is 14.8 Å². The number of aromatic nitrogens is 1. The van der Waals surface area contributed by atoms with Crippen molar-refractivity contribution in [2.45, 2.75) is 44.6 Å². The van der Waals surface area contributed by atoms with Crippen LogP contribution in [0.25, 0.3) is 28.2 Å². The summed E-state index contributed by atoms with van der Waals surface area (Å²) < 4.78 is 36.6. The number of rotatable bonds is 2. The van der Waals surface area contributed by atoms with E-state index in [-0.39, 0.29) is 24.6 Å². The SMILES string of the molecule is COc1ccc2c(c1)C=C1Cn3c-2c(C2CCCCC2)c2ccc(cc23)C(=O)NS(=O)(=O)N(C)CC=CCNC1=O. The van der Waals surface area contributed by atoms with Gasteiger partial charge in [-0.1, -0.05) is 37.5 Å². The van der Waals surface area contributed by atoms with Gasteiger partial charge in [-0.2, -0.15) is 12.7 Å². The van der Waals surface area contributed by atoms with Crippen LogP contribution in [0.1, 0.15) is 59.5 Å². The highest BCUT2D eigenvalue weighted by atomic mass is 32.2. The number of hydrogen-bond acceptors (Lipinski definition) is 5. The van der Waals surface area contributed by atoms with Gasteiger partial charge in [-0.05, 0) is 66.3 Å². The summed E-state index contributed by atoms with van der Waals surface area (Å²) in [7, 11) is -1.04. The first-order valence-electron chi connectivity index (χ1n) is 14.0. The first-order valence-corrected chi connectivity index (χ1v) is 15.5. The zero-order valence-electron chi connectivity index (χ0n) is 23.3. The summed E-state index contributed by atoms with van der Waals surface area (Å²) in [4.78, 5) is 26.8. The lowest BCUT2D eigenvalue weighted by molar-refractivity contribution is -0.117. The molecule has 0 spiro atoms. The van der Waals surface area contributed by atoms with Gasteiger partial charge in [0, 0.05) is 47.7 Å². The fraction of sp³-hybridized carbons (Fsp3) is 0.355. The number of hydrogen-bond donors (Lipinski definition) is 2. The average molecular weight is 575 g/mol. The molecule has 3 heterocycles. The van der Waals surface area contributed by atoms with Gasteiger partial charge in [-0.15, -0.1) is 0 Å². The number of fused-ring (bicyclic) bond motifs is 4. The Morgan fingerprint density at radius 2 is 1.78 bits per heavy atom. The predicted molar refractivity (Wildman–Crippen MR) is 159 cm³/mol. The van der Waals surface area contributed by atoms with E-state index in [1.54, 1.807) is 31.4 Å². The third-order valence-electron chi connectivity index (χ3n) is 8.38. The first kappa shape index (κ1) is 27.3. The van der Waals surface area contributed by atoms with Gasteiger partial charge in [-0.25, -0.2) is 4.72 Å². The highest BCUT2D eigenvalue weighted by molar-refractivity contribution is 7.87. The first-order chi connectivity index (χ1) is 19.8. The van der Waals surface area contributed by atoms with Crippen molar-refractivity contribution >= 4 is 39.0 Å². The molecule has 2 amide bonds. The zero-order chi connectivity index (χ0) is 28.7. The van der Waals surface area contributed by atoms with E-state index >= 15 is 0 Å². The molecular formula is C31H34N4O5S. The van der Waals surface area contributed by atoms with E-state index in [4.69, 9.17) is 4.74 Å². The highest BCUT2D eigenvalue weighted by Gasteiger charge is 2.31. The van der Waals surface area contributed by atoms with Gasteiger partial charge in [0.1, 0.15) is 5.75 Å². The molecule has 0 saturated heterocycles. The second-order valence-electron chi connectivity index (χ2n) is 10.9. The van der Waals surface area contributed by atoms with Gasteiger partial charge < -0.3 is 14.6 Å². The fourth-order valence-corrected chi connectivity index (χ4v) is 7.03. The van der Waals surface area contributed by atoms with E-state index in [9.17, 15) is 18.0 Å². The maximum atomic E-state index is 13.5. The van der Waals surface area contributed by atoms with E-state index < -0.39 is 16.1 Å². The van der Waals surface area contributed by atoms with Crippen LogP contribution in [0.3, 0.4) is 0 Å². The molecule has 6 rings (SSSR count). The number of carbonyl (C=O) groups excluding carboxylic acids is 2. The molecule has 9 nitrogen and oxygen atoms in total. The van der Waals surface area contributed by atoms with Gasteiger partial charge in [0.2, 0.25) is 5.91 Å². The lowest BCUT2D eigenvalue weighted by Gasteiger charge is -2.24. The summed E-state index contributed by atoms with van der Waals surface area (Å²) in [6.45, 7) is 0.583. The van der Waals surface area contributed by atoms with E-state index in [1.165, 1.54) is 19.0 Å². The van der Waals surface area contributed by atoms with Crippen LogP contribution in [-0.2, 0) is 21.5 Å². The zero-order valence-corrected chi connectivity index (χ0v) is 24.1. The number of likely N-dealkylation sites (N-methyl/N-ethyl adjacent to an activating group) is 1. The van der Waals surface area contributed by atoms with E-state index in [0.29, 0.717) is 23.8 Å². The Balaban J connectivity index is 1.63. The van der Waals surface area contributed by atoms with Crippen molar-refractivity contribution in [3.05, 3.63) is 70.8 Å². The smallest absolute Gasteiger partial charge is 0.304 e. The van der Waals surface area contributed by atoms with Crippen molar-refractivity contribution in [2.75, 3.05) is 27.2 Å². The minimum absolute atomic E-state index is 0.0460. The Bertz CT molecular complexity index is 1710. The van der Waals surface area contributed by atoms with Crippen molar-refractivity contribution in [3.8, 4) is 17.0 Å². The maximum Gasteiger partial charge on any atom is 0.304 e. The molecular weight excluding hydrogens is 540 g/mol. The lowest BCUT2D eigenvalue weighted by Crippen LogP contribution is -2.41. The molecule has 3 aromatic rings. The topological polar surface area (TPSA) is 110 Å². The molecule has 1 aliphatic carbocycles. The molecule has 41 heavy (non-hydrogen) atoms. The van der Waals surface area contributed by atoms with E-state index in [0.717, 1.165) is 57.7 Å².